The number of rotatable bonds is 17. The predicted molar refractivity (Wildman–Crippen MR) is 252 cm³/mol. The molecule has 0 aliphatic carbocycles. The van der Waals surface area contributed by atoms with Crippen molar-refractivity contribution in [2.45, 2.75) is 76.2 Å². The highest BCUT2D eigenvalue weighted by molar-refractivity contribution is 7.13. The van der Waals surface area contributed by atoms with Crippen molar-refractivity contribution in [1.29, 1.82) is 0 Å². The number of fused-ring (bicyclic) bond motifs is 2. The maximum Gasteiger partial charge on any atom is 0.264 e. The van der Waals surface area contributed by atoms with E-state index in [9.17, 15) is 38.6 Å². The van der Waals surface area contributed by atoms with Crippen LogP contribution in [-0.2, 0) is 16.1 Å². The van der Waals surface area contributed by atoms with Gasteiger partial charge in [0, 0.05) is 79.8 Å². The smallest absolute Gasteiger partial charge is 0.264 e. The number of halogens is 1. The SMILES string of the molecule is O=C1CCC(N2C(=O)c3cccc(NCCCCCCCCN4CCN(c5ccc(-c6ccc7c(c6)C(=O)N(C(C(=O)Nc6nccs6)c6cc(F)ccc6O)C7)cc5)CC4)c3C2=O)C(O)N1. The number of nitrogens with zero attached hydrogens (tertiary/aromatic N) is 5. The summed E-state index contributed by atoms with van der Waals surface area (Å²) in [6.45, 7) is 5.68. The number of hydrogen-bond acceptors (Lipinski definition) is 12. The lowest BCUT2D eigenvalue weighted by atomic mass is 10.00. The molecule has 15 nitrogen and oxygen atoms in total. The number of amides is 5. The Morgan fingerprint density at radius 3 is 2.37 bits per heavy atom. The van der Waals surface area contributed by atoms with E-state index in [0.717, 1.165) is 111 Å². The number of phenolic OH excluding ortho intramolecular Hbond substituents is 1. The van der Waals surface area contributed by atoms with Gasteiger partial charge >= 0.3 is 0 Å². The van der Waals surface area contributed by atoms with Crippen LogP contribution in [0.5, 0.6) is 5.75 Å². The van der Waals surface area contributed by atoms with Crippen LogP contribution < -0.4 is 20.9 Å². The number of nitrogens with one attached hydrogen (secondary N) is 3. The number of hydrogen-bond donors (Lipinski definition) is 5. The minimum Gasteiger partial charge on any atom is -0.508 e. The average molecular weight is 929 g/mol. The number of thiazole rings is 1. The molecular weight excluding hydrogens is 876 g/mol. The Morgan fingerprint density at radius 2 is 1.61 bits per heavy atom. The first-order chi connectivity index (χ1) is 32.5. The van der Waals surface area contributed by atoms with Crippen LogP contribution in [0.25, 0.3) is 11.1 Å². The zero-order chi connectivity index (χ0) is 46.6. The summed E-state index contributed by atoms with van der Waals surface area (Å²) in [4.78, 5) is 77.3. The molecule has 3 atom stereocenters. The van der Waals surface area contributed by atoms with Crippen molar-refractivity contribution in [3.63, 3.8) is 0 Å². The fourth-order valence-corrected chi connectivity index (χ4v) is 10.2. The molecule has 0 radical (unpaired) electrons. The Hall–Kier alpha value is -6.69. The minimum absolute atomic E-state index is 0.0114. The maximum absolute atomic E-state index is 14.4. The van der Waals surface area contributed by atoms with E-state index < -0.39 is 47.8 Å². The highest BCUT2D eigenvalue weighted by atomic mass is 32.1. The second-order valence-corrected chi connectivity index (χ2v) is 18.4. The van der Waals surface area contributed by atoms with E-state index in [1.807, 2.05) is 18.2 Å². The number of aromatic hydroxyl groups is 1. The number of carbonyl (C=O) groups excluding carboxylic acids is 5. The molecule has 0 spiro atoms. The zero-order valence-corrected chi connectivity index (χ0v) is 37.8. The molecule has 4 aliphatic rings. The number of anilines is 3. The van der Waals surface area contributed by atoms with Crippen molar-refractivity contribution in [3.8, 4) is 16.9 Å². The quantitative estimate of drug-likeness (QED) is 0.0490. The third-order valence-electron chi connectivity index (χ3n) is 13.2. The van der Waals surface area contributed by atoms with E-state index in [2.05, 4.69) is 55.0 Å². The summed E-state index contributed by atoms with van der Waals surface area (Å²) in [6, 6.07) is 20.5. The molecule has 2 fully saturated rings. The molecule has 2 saturated heterocycles. The van der Waals surface area contributed by atoms with Gasteiger partial charge in [0.1, 0.15) is 23.8 Å². The number of piperidine rings is 1. The van der Waals surface area contributed by atoms with Gasteiger partial charge in [-0.2, -0.15) is 0 Å². The van der Waals surface area contributed by atoms with Gasteiger partial charge in [-0.25, -0.2) is 9.37 Å². The van der Waals surface area contributed by atoms with E-state index in [0.29, 0.717) is 34.1 Å². The molecule has 5 N–H and O–H groups in total. The van der Waals surface area contributed by atoms with Gasteiger partial charge in [0.2, 0.25) is 5.91 Å². The van der Waals surface area contributed by atoms with E-state index >= 15 is 0 Å². The normalized spacial score (nSPS) is 18.8. The number of unbranched alkanes of at least 4 members (excludes halogenated alkanes) is 5. The van der Waals surface area contributed by atoms with Crippen molar-refractivity contribution in [1.82, 2.24) is 25.0 Å². The van der Waals surface area contributed by atoms with Gasteiger partial charge in [0.25, 0.3) is 23.6 Å². The molecule has 3 unspecified atom stereocenters. The maximum atomic E-state index is 14.4. The van der Waals surface area contributed by atoms with Crippen molar-refractivity contribution in [3.05, 3.63) is 124 Å². The summed E-state index contributed by atoms with van der Waals surface area (Å²) >= 11 is 1.21. The number of benzene rings is 4. The van der Waals surface area contributed by atoms with Gasteiger partial charge in [0.05, 0.1) is 17.2 Å². The van der Waals surface area contributed by atoms with Crippen LogP contribution in [0.4, 0.5) is 20.9 Å². The molecule has 4 aromatic carbocycles. The standard InChI is InChI=1S/C50H53FN8O7S/c51-34-14-18-41(60)38(29-34)44(46(63)55-50-53-21-27-67-50)58-30-33-11-10-32(28-37(33)47(58)64)31-12-15-35(16-13-31)57-25-23-56(24-26-57)22-6-4-2-1-3-5-20-52-39-9-7-8-36-43(39)49(66)59(48(36)65)40-17-19-42(61)54-45(40)62/h7-16,18,21,27-29,40,44-45,52,60,62H,1-6,17,19-20,22-26,30H2,(H,54,61)(H,53,55,63). The highest BCUT2D eigenvalue weighted by Crippen LogP contribution is 2.39. The summed E-state index contributed by atoms with van der Waals surface area (Å²) in [5.41, 5.74) is 5.37. The molecule has 0 saturated carbocycles. The molecule has 67 heavy (non-hydrogen) atoms. The van der Waals surface area contributed by atoms with Crippen LogP contribution in [0.1, 0.15) is 99.6 Å². The Bertz CT molecular complexity index is 2660. The van der Waals surface area contributed by atoms with Crippen LogP contribution >= 0.6 is 11.3 Å². The van der Waals surface area contributed by atoms with Crippen molar-refractivity contribution in [2.24, 2.45) is 0 Å². The molecule has 4 aliphatic heterocycles. The molecule has 17 heteroatoms. The van der Waals surface area contributed by atoms with Crippen molar-refractivity contribution >= 4 is 57.4 Å². The van der Waals surface area contributed by atoms with Crippen molar-refractivity contribution < 1.29 is 38.6 Å². The van der Waals surface area contributed by atoms with Crippen molar-refractivity contribution in [2.75, 3.05) is 54.8 Å². The number of aliphatic hydroxyl groups excluding tert-OH is 1. The average Bonchev–Trinajstić information content (AvgIpc) is 4.03. The van der Waals surface area contributed by atoms with Crippen LogP contribution in [0.3, 0.4) is 0 Å². The van der Waals surface area contributed by atoms with E-state index in [1.54, 1.807) is 29.8 Å². The van der Waals surface area contributed by atoms with Crippen LogP contribution in [0.2, 0.25) is 0 Å². The Labute approximate surface area is 391 Å². The summed E-state index contributed by atoms with van der Waals surface area (Å²) in [5, 5.41) is 31.6. The lowest BCUT2D eigenvalue weighted by Gasteiger charge is -2.36. The van der Waals surface area contributed by atoms with E-state index in [-0.39, 0.29) is 36.6 Å². The van der Waals surface area contributed by atoms with Crippen LogP contribution in [-0.4, -0.2) is 111 Å². The Morgan fingerprint density at radius 1 is 0.851 bits per heavy atom. The third kappa shape index (κ3) is 9.76. The minimum atomic E-state index is -1.30. The number of aromatic nitrogens is 1. The first kappa shape index (κ1) is 45.5. The van der Waals surface area contributed by atoms with Gasteiger partial charge in [-0.15, -0.1) is 11.3 Å². The second kappa shape index (κ2) is 20.0. The van der Waals surface area contributed by atoms with Gasteiger partial charge in [-0.3, -0.25) is 39.1 Å². The lowest BCUT2D eigenvalue weighted by Crippen LogP contribution is -2.57. The second-order valence-electron chi connectivity index (χ2n) is 17.5. The summed E-state index contributed by atoms with van der Waals surface area (Å²) < 4.78 is 14.4. The summed E-state index contributed by atoms with van der Waals surface area (Å²) in [6.07, 6.45) is 7.17. The van der Waals surface area contributed by atoms with Crippen LogP contribution in [0, 0.1) is 5.82 Å². The van der Waals surface area contributed by atoms with Gasteiger partial charge < -0.3 is 30.6 Å². The molecule has 348 valence electrons. The van der Waals surface area contributed by atoms with Gasteiger partial charge in [-0.05, 0) is 91.0 Å². The molecular formula is C50H53FN8O7S. The number of piperazine rings is 1. The van der Waals surface area contributed by atoms with E-state index in [1.165, 1.54) is 22.3 Å². The molecule has 5 amide bonds. The fourth-order valence-electron chi connectivity index (χ4n) is 9.64. The Balaban J connectivity index is 0.697. The zero-order valence-electron chi connectivity index (χ0n) is 37.0. The topological polar surface area (TPSA) is 188 Å². The fraction of sp³-hybridized carbons (Fsp3) is 0.360. The van der Waals surface area contributed by atoms with Crippen LogP contribution in [0.15, 0.2) is 90.4 Å². The molecule has 5 aromatic rings. The number of carbonyl (C=O) groups is 5. The summed E-state index contributed by atoms with van der Waals surface area (Å²) in [7, 11) is 0. The predicted octanol–water partition coefficient (Wildman–Crippen LogP) is 6.76. The number of aliphatic hydroxyl groups is 1. The summed E-state index contributed by atoms with van der Waals surface area (Å²) in [5.74, 6) is -3.12. The largest absolute Gasteiger partial charge is 0.508 e. The molecule has 5 heterocycles. The third-order valence-corrected chi connectivity index (χ3v) is 13.9. The Kier molecular flexibility index (Phi) is 13.6. The number of imide groups is 1. The molecule has 0 bridgehead atoms. The first-order valence-electron chi connectivity index (χ1n) is 23.0. The monoisotopic (exact) mass is 928 g/mol. The van der Waals surface area contributed by atoms with Gasteiger partial charge in [0.15, 0.2) is 5.13 Å². The first-order valence-corrected chi connectivity index (χ1v) is 23.8. The molecule has 9 rings (SSSR count). The van der Waals surface area contributed by atoms with E-state index in [4.69, 9.17) is 0 Å². The lowest BCUT2D eigenvalue weighted by molar-refractivity contribution is -0.129. The van der Waals surface area contributed by atoms with Gasteiger partial charge in [-0.1, -0.05) is 56.0 Å². The highest BCUT2D eigenvalue weighted by Gasteiger charge is 2.45. The number of phenols is 1. The molecule has 1 aromatic heterocycles.